The van der Waals surface area contributed by atoms with Crippen molar-refractivity contribution in [3.05, 3.63) is 88.4 Å². The lowest BCUT2D eigenvalue weighted by molar-refractivity contribution is 0.447. The molecule has 134 valence electrons. The Morgan fingerprint density at radius 1 is 0.963 bits per heavy atom. The minimum Gasteiger partial charge on any atom is -0.272 e. The van der Waals surface area contributed by atoms with Crippen LogP contribution in [0.5, 0.6) is 0 Å². The highest BCUT2D eigenvalue weighted by molar-refractivity contribution is 5.51. The molecule has 0 aliphatic carbocycles. The maximum absolute atomic E-state index is 14.2. The fourth-order valence-electron chi connectivity index (χ4n) is 1.90. The molecule has 2 rings (SSSR count). The maximum Gasteiger partial charge on any atom is 0.178 e. The molecule has 2 aromatic rings. The molecule has 0 bridgehead atoms. The van der Waals surface area contributed by atoms with E-state index in [0.717, 1.165) is 0 Å². The van der Waals surface area contributed by atoms with Crippen LogP contribution in [0, 0.1) is 47.0 Å². The molecule has 0 unspecified atom stereocenters. The van der Waals surface area contributed by atoms with Crippen molar-refractivity contribution in [3.8, 4) is 23.7 Å². The Balaban J connectivity index is 2.52. The molecule has 0 aliphatic heterocycles. The van der Waals surface area contributed by atoms with Gasteiger partial charge >= 0.3 is 0 Å². The zero-order valence-corrected chi connectivity index (χ0v) is 14.2. The summed E-state index contributed by atoms with van der Waals surface area (Å²) in [4.78, 5) is 7.24. The van der Waals surface area contributed by atoms with Gasteiger partial charge in [0, 0.05) is 29.7 Å². The first kappa shape index (κ1) is 19.7. The molecule has 0 saturated carbocycles. The van der Waals surface area contributed by atoms with Crippen LogP contribution in [0.1, 0.15) is 23.6 Å². The van der Waals surface area contributed by atoms with Crippen LogP contribution in [0.25, 0.3) is 0 Å². The summed E-state index contributed by atoms with van der Waals surface area (Å²) in [6.07, 6.45) is 7.12. The Morgan fingerprint density at radius 3 is 2.04 bits per heavy atom. The second-order valence-corrected chi connectivity index (χ2v) is 4.98. The molecule has 0 radical (unpaired) electrons. The molecule has 0 N–H and O–H groups in total. The van der Waals surface area contributed by atoms with Gasteiger partial charge in [0.2, 0.25) is 0 Å². The van der Waals surface area contributed by atoms with Crippen molar-refractivity contribution in [1.29, 1.82) is 0 Å². The summed E-state index contributed by atoms with van der Waals surface area (Å²) in [6, 6.07) is 2.97. The average Bonchev–Trinajstić information content (AvgIpc) is 2.69. The second-order valence-electron chi connectivity index (χ2n) is 4.98. The van der Waals surface area contributed by atoms with Gasteiger partial charge in [0.05, 0.1) is 0 Å². The van der Waals surface area contributed by atoms with Gasteiger partial charge in [-0.2, -0.15) is 0 Å². The number of hydrogen-bond donors (Lipinski definition) is 0. The molecular weight excluding hydrogens is 356 g/mol. The van der Waals surface area contributed by atoms with Crippen LogP contribution in [0.2, 0.25) is 0 Å². The van der Waals surface area contributed by atoms with Gasteiger partial charge in [-0.15, -0.1) is 0 Å². The number of hydrogen-bond acceptors (Lipinski definition) is 2. The van der Waals surface area contributed by atoms with Crippen LogP contribution in [0.3, 0.4) is 0 Å². The van der Waals surface area contributed by atoms with E-state index in [0.29, 0.717) is 11.1 Å². The van der Waals surface area contributed by atoms with Crippen molar-refractivity contribution >= 4 is 6.72 Å². The SMILES string of the molecule is C=N/C=C\C(C#Cc1c(F)c(F)c(C#Cc2ccncc2)c(F)c1F)=C/C. The van der Waals surface area contributed by atoms with Crippen molar-refractivity contribution in [2.45, 2.75) is 6.92 Å². The second kappa shape index (κ2) is 9.17. The van der Waals surface area contributed by atoms with E-state index in [2.05, 4.69) is 40.4 Å². The fourth-order valence-corrected chi connectivity index (χ4v) is 1.90. The van der Waals surface area contributed by atoms with E-state index in [1.807, 2.05) is 0 Å². The van der Waals surface area contributed by atoms with E-state index in [1.54, 1.807) is 6.92 Å². The molecule has 0 fully saturated rings. The van der Waals surface area contributed by atoms with Gasteiger partial charge < -0.3 is 0 Å². The molecule has 27 heavy (non-hydrogen) atoms. The molecule has 0 saturated heterocycles. The van der Waals surface area contributed by atoms with E-state index >= 15 is 0 Å². The Morgan fingerprint density at radius 2 is 1.52 bits per heavy atom. The van der Waals surface area contributed by atoms with Crippen molar-refractivity contribution in [3.63, 3.8) is 0 Å². The van der Waals surface area contributed by atoms with Gasteiger partial charge in [0.1, 0.15) is 11.1 Å². The summed E-state index contributed by atoms with van der Waals surface area (Å²) in [5.74, 6) is 2.63. The highest BCUT2D eigenvalue weighted by atomic mass is 19.2. The third kappa shape index (κ3) is 4.71. The van der Waals surface area contributed by atoms with Gasteiger partial charge in [-0.05, 0) is 31.9 Å². The van der Waals surface area contributed by atoms with Crippen molar-refractivity contribution in [1.82, 2.24) is 4.98 Å². The van der Waals surface area contributed by atoms with Crippen molar-refractivity contribution < 1.29 is 17.6 Å². The molecule has 0 amide bonds. The van der Waals surface area contributed by atoms with Crippen LogP contribution >= 0.6 is 0 Å². The van der Waals surface area contributed by atoms with Crippen LogP contribution in [0.4, 0.5) is 17.6 Å². The lowest BCUT2D eigenvalue weighted by Crippen LogP contribution is -2.04. The van der Waals surface area contributed by atoms with Crippen LogP contribution in [-0.4, -0.2) is 11.7 Å². The number of benzene rings is 1. The fraction of sp³-hybridized carbons (Fsp3) is 0.0476. The molecular formula is C21H12F4N2. The summed E-state index contributed by atoms with van der Waals surface area (Å²) in [5, 5.41) is 0. The van der Waals surface area contributed by atoms with Crippen LogP contribution in [0.15, 0.2) is 53.4 Å². The van der Waals surface area contributed by atoms with E-state index in [1.165, 1.54) is 42.9 Å². The summed E-state index contributed by atoms with van der Waals surface area (Å²) in [7, 11) is 0. The summed E-state index contributed by atoms with van der Waals surface area (Å²) < 4.78 is 56.8. The first-order chi connectivity index (χ1) is 13.0. The van der Waals surface area contributed by atoms with E-state index < -0.39 is 34.4 Å². The molecule has 1 heterocycles. The normalized spacial score (nSPS) is 10.8. The quantitative estimate of drug-likeness (QED) is 0.251. The predicted molar refractivity (Wildman–Crippen MR) is 95.8 cm³/mol. The molecule has 0 atom stereocenters. The monoisotopic (exact) mass is 368 g/mol. The summed E-state index contributed by atoms with van der Waals surface area (Å²) >= 11 is 0. The Kier molecular flexibility index (Phi) is 6.68. The highest BCUT2D eigenvalue weighted by Gasteiger charge is 2.23. The smallest absolute Gasteiger partial charge is 0.178 e. The molecule has 1 aromatic carbocycles. The predicted octanol–water partition coefficient (Wildman–Crippen LogP) is 4.55. The third-order valence-electron chi connectivity index (χ3n) is 3.28. The molecule has 1 aromatic heterocycles. The Bertz CT molecular complexity index is 1020. The number of nitrogens with zero attached hydrogens (tertiary/aromatic N) is 2. The van der Waals surface area contributed by atoms with Gasteiger partial charge in [0.15, 0.2) is 23.3 Å². The lowest BCUT2D eigenvalue weighted by atomic mass is 10.1. The molecule has 0 spiro atoms. The standard InChI is InChI=1S/C21H12F4N2/c1-3-14(8-11-26-2)4-6-16-18(22)20(24)17(21(25)19(16)23)7-5-15-9-12-27-13-10-15/h3,8-13H,2H2,1H3/b11-8-,14-3-. The number of pyridine rings is 1. The zero-order chi connectivity index (χ0) is 19.8. The Hall–Kier alpha value is -3.64. The lowest BCUT2D eigenvalue weighted by Gasteiger charge is -2.04. The maximum atomic E-state index is 14.2. The first-order valence-electron chi connectivity index (χ1n) is 7.58. The zero-order valence-electron chi connectivity index (χ0n) is 14.2. The van der Waals surface area contributed by atoms with E-state index in [9.17, 15) is 17.6 Å². The Labute approximate surface area is 154 Å². The van der Waals surface area contributed by atoms with Gasteiger partial charge in [-0.1, -0.05) is 29.8 Å². The number of rotatable bonds is 2. The van der Waals surface area contributed by atoms with Crippen LogP contribution in [-0.2, 0) is 0 Å². The van der Waals surface area contributed by atoms with Crippen LogP contribution < -0.4 is 0 Å². The topological polar surface area (TPSA) is 25.2 Å². The average molecular weight is 368 g/mol. The third-order valence-corrected chi connectivity index (χ3v) is 3.28. The number of aliphatic imine (C=N–C) groups is 1. The van der Waals surface area contributed by atoms with Crippen molar-refractivity contribution in [2.75, 3.05) is 0 Å². The largest absolute Gasteiger partial charge is 0.272 e. The van der Waals surface area contributed by atoms with Gasteiger partial charge in [-0.3, -0.25) is 9.98 Å². The first-order valence-corrected chi connectivity index (χ1v) is 7.58. The van der Waals surface area contributed by atoms with Gasteiger partial charge in [0.25, 0.3) is 0 Å². The number of aromatic nitrogens is 1. The highest BCUT2D eigenvalue weighted by Crippen LogP contribution is 2.23. The molecule has 0 aliphatic rings. The van der Waals surface area contributed by atoms with Gasteiger partial charge in [-0.25, -0.2) is 17.6 Å². The summed E-state index contributed by atoms with van der Waals surface area (Å²) in [5.41, 5.74) is -1.30. The van der Waals surface area contributed by atoms with E-state index in [-0.39, 0.29) is 0 Å². The molecule has 6 heteroatoms. The molecule has 2 nitrogen and oxygen atoms in total. The summed E-state index contributed by atoms with van der Waals surface area (Å²) in [6.45, 7) is 4.87. The number of halogens is 4. The minimum atomic E-state index is -1.61. The number of allylic oxidation sites excluding steroid dienone is 3. The van der Waals surface area contributed by atoms with Crippen molar-refractivity contribution in [2.24, 2.45) is 4.99 Å². The van der Waals surface area contributed by atoms with E-state index in [4.69, 9.17) is 0 Å². The minimum absolute atomic E-state index is 0.337.